The fraction of sp³-hybridized carbons (Fsp3) is 0.333. The summed E-state index contributed by atoms with van der Waals surface area (Å²) in [5.41, 5.74) is 1.41. The zero-order chi connectivity index (χ0) is 26.1. The summed E-state index contributed by atoms with van der Waals surface area (Å²) in [6, 6.07) is 13.9. The van der Waals surface area contributed by atoms with Gasteiger partial charge < -0.3 is 28.6 Å². The fourth-order valence-electron chi connectivity index (χ4n) is 3.61. The molecule has 0 aliphatic carbocycles. The van der Waals surface area contributed by atoms with Crippen LogP contribution in [0.15, 0.2) is 48.5 Å². The molecule has 0 radical (unpaired) electrons. The van der Waals surface area contributed by atoms with E-state index in [9.17, 15) is 23.7 Å². The van der Waals surface area contributed by atoms with Crippen molar-refractivity contribution in [3.8, 4) is 16.9 Å². The number of benzene rings is 2. The monoisotopic (exact) mass is 520 g/mol. The highest BCUT2D eigenvalue weighted by molar-refractivity contribution is 7.67. The third-order valence-corrected chi connectivity index (χ3v) is 7.68. The Labute approximate surface area is 206 Å². The molecule has 0 spiro atoms. The van der Waals surface area contributed by atoms with Gasteiger partial charge in [0.25, 0.3) is 7.37 Å². The van der Waals surface area contributed by atoms with E-state index >= 15 is 0 Å². The summed E-state index contributed by atoms with van der Waals surface area (Å²) < 4.78 is 38.6. The highest BCUT2D eigenvalue weighted by Crippen LogP contribution is 2.55. The molecule has 11 nitrogen and oxygen atoms in total. The van der Waals surface area contributed by atoms with Crippen LogP contribution in [0, 0.1) is 5.92 Å². The first-order valence-electron chi connectivity index (χ1n) is 11.0. The van der Waals surface area contributed by atoms with Crippen LogP contribution in [0.2, 0.25) is 0 Å². The second-order valence-electron chi connectivity index (χ2n) is 7.59. The lowest BCUT2D eigenvalue weighted by atomic mass is 10.0. The van der Waals surface area contributed by atoms with Crippen LogP contribution in [0.3, 0.4) is 0 Å². The molecule has 0 fully saturated rings. The SMILES string of the molecule is CCOC(=O)CC(=O)OCOC(=O)CC(CP1(=O)Oc2ccccc2-c2ccccc21)C(=O)OCO. The molecule has 2 unspecified atom stereocenters. The molecule has 12 heteroatoms. The van der Waals surface area contributed by atoms with Crippen LogP contribution < -0.4 is 9.83 Å². The predicted octanol–water partition coefficient (Wildman–Crippen LogP) is 2.15. The Bertz CT molecular complexity index is 1180. The second kappa shape index (κ2) is 12.3. The van der Waals surface area contributed by atoms with Crippen LogP contribution in [-0.2, 0) is 42.7 Å². The smallest absolute Gasteiger partial charge is 0.320 e. The van der Waals surface area contributed by atoms with Crippen LogP contribution in [0.1, 0.15) is 19.8 Å². The molecule has 0 amide bonds. The van der Waals surface area contributed by atoms with Crippen molar-refractivity contribution in [3.05, 3.63) is 48.5 Å². The van der Waals surface area contributed by atoms with E-state index in [0.717, 1.165) is 5.56 Å². The minimum atomic E-state index is -3.72. The summed E-state index contributed by atoms with van der Waals surface area (Å²) >= 11 is 0. The van der Waals surface area contributed by atoms with Crippen LogP contribution >= 0.6 is 7.37 Å². The minimum Gasteiger partial charge on any atom is -0.466 e. The Morgan fingerprint density at radius 1 is 0.889 bits per heavy atom. The summed E-state index contributed by atoms with van der Waals surface area (Å²) in [5.74, 6) is -4.64. The van der Waals surface area contributed by atoms with Crippen LogP contribution in [0.25, 0.3) is 11.1 Å². The largest absolute Gasteiger partial charge is 0.466 e. The number of aliphatic hydroxyl groups is 1. The van der Waals surface area contributed by atoms with E-state index < -0.39 is 69.8 Å². The number of carbonyl (C=O) groups excluding carboxylic acids is 4. The number of aliphatic hydroxyl groups excluding tert-OH is 1. The summed E-state index contributed by atoms with van der Waals surface area (Å²) in [5, 5.41) is 9.42. The van der Waals surface area contributed by atoms with Gasteiger partial charge in [-0.05, 0) is 24.6 Å². The number of carbonyl (C=O) groups is 4. The van der Waals surface area contributed by atoms with Crippen molar-refractivity contribution in [1.82, 2.24) is 0 Å². The first-order valence-corrected chi connectivity index (χ1v) is 12.8. The van der Waals surface area contributed by atoms with Gasteiger partial charge in [0, 0.05) is 5.56 Å². The molecule has 1 heterocycles. The van der Waals surface area contributed by atoms with Crippen molar-refractivity contribution >= 4 is 36.6 Å². The van der Waals surface area contributed by atoms with E-state index in [1.165, 1.54) is 0 Å². The maximum absolute atomic E-state index is 14.0. The van der Waals surface area contributed by atoms with Crippen molar-refractivity contribution in [1.29, 1.82) is 0 Å². The normalized spacial score (nSPS) is 16.4. The van der Waals surface area contributed by atoms with E-state index in [1.54, 1.807) is 43.3 Å². The second-order valence-corrected chi connectivity index (χ2v) is 9.96. The van der Waals surface area contributed by atoms with Gasteiger partial charge in [0.1, 0.15) is 12.2 Å². The van der Waals surface area contributed by atoms with Crippen molar-refractivity contribution in [2.24, 2.45) is 5.92 Å². The molecule has 0 saturated heterocycles. The summed E-state index contributed by atoms with van der Waals surface area (Å²) in [7, 11) is -3.72. The summed E-state index contributed by atoms with van der Waals surface area (Å²) in [4.78, 5) is 47.7. The van der Waals surface area contributed by atoms with E-state index in [4.69, 9.17) is 14.4 Å². The molecule has 3 rings (SSSR count). The molecule has 0 aromatic heterocycles. The molecule has 1 N–H and O–H groups in total. The molecular formula is C24H25O11P. The Kier molecular flexibility index (Phi) is 9.21. The van der Waals surface area contributed by atoms with Gasteiger partial charge in [0.15, 0.2) is 6.79 Å². The van der Waals surface area contributed by atoms with Gasteiger partial charge in [-0.3, -0.25) is 23.7 Å². The third-order valence-electron chi connectivity index (χ3n) is 5.14. The van der Waals surface area contributed by atoms with Gasteiger partial charge in [-0.2, -0.15) is 0 Å². The van der Waals surface area contributed by atoms with Crippen LogP contribution in [0.5, 0.6) is 5.75 Å². The molecule has 0 bridgehead atoms. The fourth-order valence-corrected chi connectivity index (χ4v) is 6.19. The molecule has 2 aromatic carbocycles. The van der Waals surface area contributed by atoms with E-state index in [1.807, 2.05) is 12.1 Å². The quantitative estimate of drug-likeness (QED) is 0.153. The maximum Gasteiger partial charge on any atom is 0.320 e. The van der Waals surface area contributed by atoms with E-state index in [2.05, 4.69) is 14.2 Å². The van der Waals surface area contributed by atoms with Gasteiger partial charge in [-0.25, -0.2) is 0 Å². The minimum absolute atomic E-state index is 0.0933. The van der Waals surface area contributed by atoms with Gasteiger partial charge in [-0.1, -0.05) is 36.4 Å². The number of hydrogen-bond donors (Lipinski definition) is 1. The lowest BCUT2D eigenvalue weighted by Crippen LogP contribution is -2.30. The van der Waals surface area contributed by atoms with Gasteiger partial charge in [0.05, 0.1) is 30.4 Å². The maximum atomic E-state index is 14.0. The molecule has 1 aliphatic heterocycles. The van der Waals surface area contributed by atoms with Crippen molar-refractivity contribution in [3.63, 3.8) is 0 Å². The number of ether oxygens (including phenoxy) is 4. The number of fused-ring (bicyclic) bond motifs is 3. The molecule has 2 atom stereocenters. The average molecular weight is 520 g/mol. The van der Waals surface area contributed by atoms with Crippen LogP contribution in [0.4, 0.5) is 0 Å². The van der Waals surface area contributed by atoms with E-state index in [0.29, 0.717) is 16.6 Å². The van der Waals surface area contributed by atoms with Crippen LogP contribution in [-0.4, -0.2) is 55.3 Å². The Balaban J connectivity index is 1.70. The predicted molar refractivity (Wildman–Crippen MR) is 124 cm³/mol. The van der Waals surface area contributed by atoms with Gasteiger partial charge in [-0.15, -0.1) is 0 Å². The number of para-hydroxylation sites is 1. The Morgan fingerprint density at radius 3 is 2.25 bits per heavy atom. The molecular weight excluding hydrogens is 495 g/mol. The zero-order valence-corrected chi connectivity index (χ0v) is 20.3. The van der Waals surface area contributed by atoms with Gasteiger partial charge in [0.2, 0.25) is 6.79 Å². The van der Waals surface area contributed by atoms with Crippen molar-refractivity contribution < 1.29 is 52.3 Å². The standard InChI is InChI=1S/C24H25O11P/c1-2-31-22(27)12-23(28)34-15-33-21(26)11-16(24(29)32-14-25)13-36(30)20-10-6-4-8-18(20)17-7-3-5-9-19(17)35-36/h3-10,16,25H,2,11-15H2,1H3. The lowest BCUT2D eigenvalue weighted by molar-refractivity contribution is -0.172. The number of hydrogen-bond acceptors (Lipinski definition) is 11. The lowest BCUT2D eigenvalue weighted by Gasteiger charge is -2.30. The Hall–Kier alpha value is -3.69. The molecule has 192 valence electrons. The number of rotatable bonds is 11. The number of esters is 4. The van der Waals surface area contributed by atoms with Crippen molar-refractivity contribution in [2.75, 3.05) is 26.4 Å². The zero-order valence-electron chi connectivity index (χ0n) is 19.4. The summed E-state index contributed by atoms with van der Waals surface area (Å²) in [6.07, 6.45) is -1.65. The van der Waals surface area contributed by atoms with E-state index in [-0.39, 0.29) is 6.61 Å². The highest BCUT2D eigenvalue weighted by Gasteiger charge is 2.41. The first-order chi connectivity index (χ1) is 17.3. The molecule has 2 aromatic rings. The van der Waals surface area contributed by atoms with Gasteiger partial charge >= 0.3 is 23.9 Å². The van der Waals surface area contributed by atoms with Crippen molar-refractivity contribution in [2.45, 2.75) is 19.8 Å². The topological polar surface area (TPSA) is 152 Å². The molecule has 1 aliphatic rings. The molecule has 36 heavy (non-hydrogen) atoms. The Morgan fingerprint density at radius 2 is 1.53 bits per heavy atom. The average Bonchev–Trinajstić information content (AvgIpc) is 2.84. The summed E-state index contributed by atoms with van der Waals surface area (Å²) in [6.45, 7) is -0.0764. The third kappa shape index (κ3) is 6.71. The molecule has 0 saturated carbocycles. The first kappa shape index (κ1) is 26.9. The highest BCUT2D eigenvalue weighted by atomic mass is 31.2.